The van der Waals surface area contributed by atoms with Gasteiger partial charge in [0.15, 0.2) is 0 Å². The number of amides is 1. The molecular formula is C26H32Cl2N2O3S. The molecule has 8 heteroatoms. The van der Waals surface area contributed by atoms with E-state index in [4.69, 9.17) is 23.2 Å². The van der Waals surface area contributed by atoms with Crippen LogP contribution in [-0.4, -0.2) is 31.7 Å². The lowest BCUT2D eigenvalue weighted by molar-refractivity contribution is -0.126. The van der Waals surface area contributed by atoms with Gasteiger partial charge in [-0.25, -0.2) is 12.7 Å². The van der Waals surface area contributed by atoms with Crippen molar-refractivity contribution >= 4 is 39.1 Å². The van der Waals surface area contributed by atoms with Crippen LogP contribution in [0.1, 0.15) is 67.3 Å². The van der Waals surface area contributed by atoms with Gasteiger partial charge in [0.2, 0.25) is 15.9 Å². The second kappa shape index (κ2) is 11.0. The average molecular weight is 524 g/mol. The van der Waals surface area contributed by atoms with Crippen LogP contribution in [0.15, 0.2) is 36.4 Å². The standard InChI is InChI=1S/C26H32Cl2N2O3S/c1-2-25(21-8-7-18-5-3-4-6-20(18)15-21)29-26(31)19-11-13-30(14-12-19)34(32,33)17-22-9-10-23(27)16-24(22)28/h7-10,15-16,19,25H,2-6,11-14,17H2,1H3,(H,29,31)/t25-/m0/s1. The fourth-order valence-electron chi connectivity index (χ4n) is 5.00. The smallest absolute Gasteiger partial charge is 0.223 e. The highest BCUT2D eigenvalue weighted by molar-refractivity contribution is 7.88. The van der Waals surface area contributed by atoms with Crippen molar-refractivity contribution in [1.29, 1.82) is 0 Å². The predicted octanol–water partition coefficient (Wildman–Crippen LogP) is 5.68. The van der Waals surface area contributed by atoms with Gasteiger partial charge < -0.3 is 5.32 Å². The molecule has 1 fully saturated rings. The quantitative estimate of drug-likeness (QED) is 0.508. The first kappa shape index (κ1) is 25.5. The molecule has 0 unspecified atom stereocenters. The molecule has 184 valence electrons. The molecule has 1 heterocycles. The number of hydrogen-bond acceptors (Lipinski definition) is 3. The van der Waals surface area contributed by atoms with Gasteiger partial charge in [0.05, 0.1) is 11.8 Å². The predicted molar refractivity (Wildman–Crippen MR) is 138 cm³/mol. The molecule has 2 aromatic rings. The molecule has 1 atom stereocenters. The van der Waals surface area contributed by atoms with Gasteiger partial charge in [-0.15, -0.1) is 0 Å². The molecular weight excluding hydrogens is 491 g/mol. The van der Waals surface area contributed by atoms with Crippen LogP contribution in [0.2, 0.25) is 10.0 Å². The molecule has 34 heavy (non-hydrogen) atoms. The molecule has 4 rings (SSSR count). The van der Waals surface area contributed by atoms with E-state index in [-0.39, 0.29) is 23.6 Å². The maximum absolute atomic E-state index is 13.0. The lowest BCUT2D eigenvalue weighted by Crippen LogP contribution is -2.44. The van der Waals surface area contributed by atoms with Crippen LogP contribution in [0.3, 0.4) is 0 Å². The number of carbonyl (C=O) groups is 1. The van der Waals surface area contributed by atoms with Crippen LogP contribution in [0.4, 0.5) is 0 Å². The van der Waals surface area contributed by atoms with E-state index in [1.54, 1.807) is 18.2 Å². The summed E-state index contributed by atoms with van der Waals surface area (Å²) < 4.78 is 27.3. The number of hydrogen-bond donors (Lipinski definition) is 1. The summed E-state index contributed by atoms with van der Waals surface area (Å²) in [7, 11) is -3.53. The molecule has 0 aromatic heterocycles. The summed E-state index contributed by atoms with van der Waals surface area (Å²) in [6.07, 6.45) is 6.58. The molecule has 5 nitrogen and oxygen atoms in total. The number of nitrogens with one attached hydrogen (secondary N) is 1. The van der Waals surface area contributed by atoms with Crippen molar-refractivity contribution in [3.05, 3.63) is 68.7 Å². The zero-order valence-electron chi connectivity index (χ0n) is 19.5. The van der Waals surface area contributed by atoms with Gasteiger partial charge in [-0.2, -0.15) is 0 Å². The van der Waals surface area contributed by atoms with Crippen molar-refractivity contribution in [3.8, 4) is 0 Å². The van der Waals surface area contributed by atoms with Gasteiger partial charge in [-0.05, 0) is 79.3 Å². The number of piperidine rings is 1. The summed E-state index contributed by atoms with van der Waals surface area (Å²) in [5, 5.41) is 4.05. The first-order valence-corrected chi connectivity index (χ1v) is 14.5. The molecule has 1 N–H and O–H groups in total. The maximum atomic E-state index is 13.0. The highest BCUT2D eigenvalue weighted by Gasteiger charge is 2.32. The van der Waals surface area contributed by atoms with E-state index in [2.05, 4.69) is 30.4 Å². The highest BCUT2D eigenvalue weighted by Crippen LogP contribution is 2.29. The fraction of sp³-hybridized carbons (Fsp3) is 0.500. The van der Waals surface area contributed by atoms with Crippen LogP contribution in [0.5, 0.6) is 0 Å². The van der Waals surface area contributed by atoms with E-state index < -0.39 is 10.0 Å². The first-order valence-electron chi connectivity index (χ1n) is 12.1. The number of fused-ring (bicyclic) bond motifs is 1. The Balaban J connectivity index is 1.34. The third-order valence-corrected chi connectivity index (χ3v) is 9.49. The monoisotopic (exact) mass is 522 g/mol. The minimum absolute atomic E-state index is 0.0161. The zero-order chi connectivity index (χ0) is 24.3. The summed E-state index contributed by atoms with van der Waals surface area (Å²) >= 11 is 12.1. The van der Waals surface area contributed by atoms with E-state index in [0.29, 0.717) is 41.5 Å². The number of carbonyl (C=O) groups excluding carboxylic acids is 1. The van der Waals surface area contributed by atoms with Gasteiger partial charge in [-0.3, -0.25) is 4.79 Å². The lowest BCUT2D eigenvalue weighted by Gasteiger charge is -2.31. The normalized spacial score (nSPS) is 18.3. The molecule has 2 aliphatic rings. The van der Waals surface area contributed by atoms with Crippen LogP contribution in [0, 0.1) is 5.92 Å². The molecule has 0 bridgehead atoms. The Morgan fingerprint density at radius 1 is 1.06 bits per heavy atom. The van der Waals surface area contributed by atoms with E-state index in [1.165, 1.54) is 28.3 Å². The van der Waals surface area contributed by atoms with Crippen LogP contribution in [-0.2, 0) is 33.4 Å². The van der Waals surface area contributed by atoms with Gasteiger partial charge in [0.25, 0.3) is 0 Å². The van der Waals surface area contributed by atoms with Crippen molar-refractivity contribution in [2.75, 3.05) is 13.1 Å². The maximum Gasteiger partial charge on any atom is 0.223 e. The number of rotatable bonds is 7. The van der Waals surface area contributed by atoms with E-state index >= 15 is 0 Å². The van der Waals surface area contributed by atoms with Crippen molar-refractivity contribution in [2.24, 2.45) is 5.92 Å². The molecule has 0 spiro atoms. The third kappa shape index (κ3) is 5.96. The van der Waals surface area contributed by atoms with E-state index in [1.807, 2.05) is 0 Å². The Morgan fingerprint density at radius 3 is 2.44 bits per heavy atom. The highest BCUT2D eigenvalue weighted by atomic mass is 35.5. The van der Waals surface area contributed by atoms with Crippen LogP contribution < -0.4 is 5.32 Å². The molecule has 1 saturated heterocycles. The summed E-state index contributed by atoms with van der Waals surface area (Å²) in [4.78, 5) is 13.0. The largest absolute Gasteiger partial charge is 0.349 e. The lowest BCUT2D eigenvalue weighted by atomic mass is 9.88. The Morgan fingerprint density at radius 2 is 1.76 bits per heavy atom. The Hall–Kier alpha value is -1.60. The fourth-order valence-corrected chi connectivity index (χ4v) is 7.15. The molecule has 2 aromatic carbocycles. The van der Waals surface area contributed by atoms with Crippen LogP contribution in [0.25, 0.3) is 0 Å². The average Bonchev–Trinajstić information content (AvgIpc) is 2.84. The molecule has 1 aliphatic heterocycles. The second-order valence-electron chi connectivity index (χ2n) is 9.37. The van der Waals surface area contributed by atoms with Crippen molar-refractivity contribution in [2.45, 2.75) is 63.7 Å². The summed E-state index contributed by atoms with van der Waals surface area (Å²) in [5.41, 5.74) is 4.54. The first-order chi connectivity index (χ1) is 16.3. The van der Waals surface area contributed by atoms with Crippen molar-refractivity contribution in [1.82, 2.24) is 9.62 Å². The number of benzene rings is 2. The number of halogens is 2. The SMILES string of the molecule is CC[C@H](NC(=O)C1CCN(S(=O)(=O)Cc2ccc(Cl)cc2Cl)CC1)c1ccc2c(c1)CCCC2. The zero-order valence-corrected chi connectivity index (χ0v) is 21.9. The van der Waals surface area contributed by atoms with Crippen molar-refractivity contribution < 1.29 is 13.2 Å². The third-order valence-electron chi connectivity index (χ3n) is 7.07. The van der Waals surface area contributed by atoms with Crippen molar-refractivity contribution in [3.63, 3.8) is 0 Å². The van der Waals surface area contributed by atoms with Gasteiger partial charge in [0.1, 0.15) is 0 Å². The van der Waals surface area contributed by atoms with E-state index in [0.717, 1.165) is 24.8 Å². The second-order valence-corrected chi connectivity index (χ2v) is 12.2. The summed E-state index contributed by atoms with van der Waals surface area (Å²) in [6, 6.07) is 11.4. The molecule has 1 aliphatic carbocycles. The van der Waals surface area contributed by atoms with Gasteiger partial charge >= 0.3 is 0 Å². The minimum Gasteiger partial charge on any atom is -0.349 e. The Kier molecular flexibility index (Phi) is 8.24. The van der Waals surface area contributed by atoms with Crippen LogP contribution >= 0.6 is 23.2 Å². The number of nitrogens with zero attached hydrogens (tertiary/aromatic N) is 1. The molecule has 0 radical (unpaired) electrons. The number of sulfonamides is 1. The van der Waals surface area contributed by atoms with E-state index in [9.17, 15) is 13.2 Å². The molecule has 1 amide bonds. The summed E-state index contributed by atoms with van der Waals surface area (Å²) in [6.45, 7) is 2.75. The minimum atomic E-state index is -3.53. The molecule has 0 saturated carbocycles. The topological polar surface area (TPSA) is 66.5 Å². The summed E-state index contributed by atoms with van der Waals surface area (Å²) in [5.74, 6) is -0.338. The Bertz CT molecular complexity index is 1140. The Labute approximate surface area is 212 Å². The van der Waals surface area contributed by atoms with Gasteiger partial charge in [-0.1, -0.05) is 54.4 Å². The number of aryl methyl sites for hydroxylation is 2. The van der Waals surface area contributed by atoms with Gasteiger partial charge in [0, 0.05) is 29.1 Å².